The number of hydrogen-bond acceptors (Lipinski definition) is 2. The molecule has 1 aromatic carbocycles. The SMILES string of the molecule is CCC1CN(C(=O)c2c(F)cc(F)cc2F)CCC1=O. The minimum atomic E-state index is -1.22. The van der Waals surface area contributed by atoms with Gasteiger partial charge in [0.2, 0.25) is 0 Å². The Morgan fingerprint density at radius 2 is 1.90 bits per heavy atom. The number of carbonyl (C=O) groups excluding carboxylic acids is 2. The summed E-state index contributed by atoms with van der Waals surface area (Å²) in [5.41, 5.74) is -0.768. The predicted octanol–water partition coefficient (Wildman–Crippen LogP) is 2.55. The zero-order valence-corrected chi connectivity index (χ0v) is 11.0. The van der Waals surface area contributed by atoms with Crippen LogP contribution in [0.3, 0.4) is 0 Å². The van der Waals surface area contributed by atoms with Gasteiger partial charge in [0, 0.05) is 37.6 Å². The van der Waals surface area contributed by atoms with Crippen LogP contribution in [0.1, 0.15) is 30.1 Å². The summed E-state index contributed by atoms with van der Waals surface area (Å²) in [6, 6.07) is 0.950. The second-order valence-corrected chi connectivity index (χ2v) is 4.82. The van der Waals surface area contributed by atoms with Crippen molar-refractivity contribution in [2.24, 2.45) is 5.92 Å². The van der Waals surface area contributed by atoms with Gasteiger partial charge in [-0.1, -0.05) is 6.92 Å². The van der Waals surface area contributed by atoms with Gasteiger partial charge in [-0.25, -0.2) is 13.2 Å². The van der Waals surface area contributed by atoms with Gasteiger partial charge in [0.1, 0.15) is 28.8 Å². The smallest absolute Gasteiger partial charge is 0.259 e. The number of likely N-dealkylation sites (tertiary alicyclic amines) is 1. The first kappa shape index (κ1) is 14.6. The number of amides is 1. The van der Waals surface area contributed by atoms with E-state index in [1.54, 1.807) is 0 Å². The van der Waals surface area contributed by atoms with Crippen LogP contribution in [-0.4, -0.2) is 29.7 Å². The van der Waals surface area contributed by atoms with Crippen molar-refractivity contribution in [3.05, 3.63) is 35.1 Å². The molecule has 0 saturated carbocycles. The molecular formula is C14H14F3NO2. The molecule has 1 saturated heterocycles. The van der Waals surface area contributed by atoms with Gasteiger partial charge in [-0.05, 0) is 6.42 Å². The number of halogens is 3. The Morgan fingerprint density at radius 3 is 2.45 bits per heavy atom. The molecule has 0 aromatic heterocycles. The van der Waals surface area contributed by atoms with Crippen molar-refractivity contribution in [1.29, 1.82) is 0 Å². The highest BCUT2D eigenvalue weighted by atomic mass is 19.1. The van der Waals surface area contributed by atoms with E-state index in [4.69, 9.17) is 0 Å². The Bertz CT molecular complexity index is 536. The molecule has 2 rings (SSSR count). The molecule has 0 radical (unpaired) electrons. The van der Waals surface area contributed by atoms with Gasteiger partial charge in [-0.3, -0.25) is 9.59 Å². The monoisotopic (exact) mass is 285 g/mol. The average Bonchev–Trinajstić information content (AvgIpc) is 2.37. The zero-order chi connectivity index (χ0) is 14.9. The largest absolute Gasteiger partial charge is 0.337 e. The number of nitrogens with zero attached hydrogens (tertiary/aromatic N) is 1. The maximum absolute atomic E-state index is 13.6. The molecule has 1 atom stereocenters. The predicted molar refractivity (Wildman–Crippen MR) is 65.6 cm³/mol. The zero-order valence-electron chi connectivity index (χ0n) is 11.0. The molecule has 1 aromatic rings. The molecule has 1 amide bonds. The summed E-state index contributed by atoms with van der Waals surface area (Å²) in [6.45, 7) is 2.09. The van der Waals surface area contributed by atoms with Crippen molar-refractivity contribution in [2.45, 2.75) is 19.8 Å². The van der Waals surface area contributed by atoms with E-state index in [1.807, 2.05) is 6.92 Å². The molecular weight excluding hydrogens is 271 g/mol. The lowest BCUT2D eigenvalue weighted by atomic mass is 9.93. The summed E-state index contributed by atoms with van der Waals surface area (Å²) in [4.78, 5) is 25.0. The van der Waals surface area contributed by atoms with Crippen LogP contribution in [-0.2, 0) is 4.79 Å². The number of benzene rings is 1. The Morgan fingerprint density at radius 1 is 1.30 bits per heavy atom. The minimum absolute atomic E-state index is 0.0524. The number of rotatable bonds is 2. The summed E-state index contributed by atoms with van der Waals surface area (Å²) in [7, 11) is 0. The maximum atomic E-state index is 13.6. The molecule has 0 N–H and O–H groups in total. The molecule has 3 nitrogen and oxygen atoms in total. The van der Waals surface area contributed by atoms with E-state index < -0.39 is 28.9 Å². The van der Waals surface area contributed by atoms with Crippen molar-refractivity contribution in [3.8, 4) is 0 Å². The third kappa shape index (κ3) is 2.69. The summed E-state index contributed by atoms with van der Waals surface area (Å²) >= 11 is 0. The number of ketones is 1. The first-order valence-electron chi connectivity index (χ1n) is 6.40. The highest BCUT2D eigenvalue weighted by Crippen LogP contribution is 2.21. The first-order chi connectivity index (χ1) is 9.43. The second kappa shape index (κ2) is 5.64. The normalized spacial score (nSPS) is 19.3. The van der Waals surface area contributed by atoms with Crippen LogP contribution < -0.4 is 0 Å². The number of piperidine rings is 1. The third-order valence-corrected chi connectivity index (χ3v) is 3.52. The van der Waals surface area contributed by atoms with Crippen molar-refractivity contribution < 1.29 is 22.8 Å². The van der Waals surface area contributed by atoms with E-state index in [1.165, 1.54) is 4.90 Å². The lowest BCUT2D eigenvalue weighted by Gasteiger charge is -2.31. The van der Waals surface area contributed by atoms with Crippen LogP contribution in [0.15, 0.2) is 12.1 Å². The fraction of sp³-hybridized carbons (Fsp3) is 0.429. The van der Waals surface area contributed by atoms with Crippen molar-refractivity contribution in [2.75, 3.05) is 13.1 Å². The Kier molecular flexibility index (Phi) is 4.11. The minimum Gasteiger partial charge on any atom is -0.337 e. The van der Waals surface area contributed by atoms with Crippen LogP contribution >= 0.6 is 0 Å². The van der Waals surface area contributed by atoms with E-state index in [-0.39, 0.29) is 31.2 Å². The highest BCUT2D eigenvalue weighted by Gasteiger charge is 2.31. The molecule has 1 aliphatic rings. The number of hydrogen-bond donors (Lipinski definition) is 0. The second-order valence-electron chi connectivity index (χ2n) is 4.82. The van der Waals surface area contributed by atoms with Crippen molar-refractivity contribution in [1.82, 2.24) is 4.90 Å². The lowest BCUT2D eigenvalue weighted by molar-refractivity contribution is -0.125. The van der Waals surface area contributed by atoms with Gasteiger partial charge in [-0.15, -0.1) is 0 Å². The van der Waals surface area contributed by atoms with Crippen LogP contribution in [0, 0.1) is 23.4 Å². The van der Waals surface area contributed by atoms with Gasteiger partial charge in [0.15, 0.2) is 0 Å². The summed E-state index contributed by atoms with van der Waals surface area (Å²) < 4.78 is 40.0. The average molecular weight is 285 g/mol. The van der Waals surface area contributed by atoms with Gasteiger partial charge in [0.05, 0.1) is 0 Å². The van der Waals surface area contributed by atoms with Crippen molar-refractivity contribution in [3.63, 3.8) is 0 Å². The summed E-state index contributed by atoms with van der Waals surface area (Å²) in [6.07, 6.45) is 0.742. The standard InChI is InChI=1S/C14H14F3NO2/c1-2-8-7-18(4-3-12(8)19)14(20)13-10(16)5-9(15)6-11(13)17/h5-6,8H,2-4,7H2,1H3. The number of carbonyl (C=O) groups is 2. The van der Waals surface area contributed by atoms with E-state index >= 15 is 0 Å². The molecule has 0 spiro atoms. The Balaban J connectivity index is 2.26. The quantitative estimate of drug-likeness (QED) is 0.837. The molecule has 1 aliphatic heterocycles. The van der Waals surface area contributed by atoms with Crippen LogP contribution in [0.25, 0.3) is 0 Å². The highest BCUT2D eigenvalue weighted by molar-refractivity contribution is 5.96. The Labute approximate surface area is 114 Å². The molecule has 108 valence electrons. The number of Topliss-reactive ketones (excluding diaryl/α,β-unsaturated/α-hetero) is 1. The van der Waals surface area contributed by atoms with Gasteiger partial charge < -0.3 is 4.90 Å². The van der Waals surface area contributed by atoms with Gasteiger partial charge in [0.25, 0.3) is 5.91 Å². The van der Waals surface area contributed by atoms with Crippen LogP contribution in [0.4, 0.5) is 13.2 Å². The fourth-order valence-electron chi connectivity index (χ4n) is 2.35. The summed E-state index contributed by atoms with van der Waals surface area (Å²) in [5, 5.41) is 0. The maximum Gasteiger partial charge on any atom is 0.259 e. The molecule has 0 aliphatic carbocycles. The first-order valence-corrected chi connectivity index (χ1v) is 6.40. The van der Waals surface area contributed by atoms with Gasteiger partial charge in [-0.2, -0.15) is 0 Å². The summed E-state index contributed by atoms with van der Waals surface area (Å²) in [5.74, 6) is -4.62. The third-order valence-electron chi connectivity index (χ3n) is 3.52. The molecule has 1 heterocycles. The molecule has 1 unspecified atom stereocenters. The Hall–Kier alpha value is -1.85. The fourth-order valence-corrected chi connectivity index (χ4v) is 2.35. The molecule has 20 heavy (non-hydrogen) atoms. The van der Waals surface area contributed by atoms with Crippen LogP contribution in [0.5, 0.6) is 0 Å². The molecule has 0 bridgehead atoms. The van der Waals surface area contributed by atoms with E-state index in [2.05, 4.69) is 0 Å². The lowest BCUT2D eigenvalue weighted by Crippen LogP contribution is -2.44. The van der Waals surface area contributed by atoms with Crippen LogP contribution in [0.2, 0.25) is 0 Å². The van der Waals surface area contributed by atoms with Crippen molar-refractivity contribution >= 4 is 11.7 Å². The topological polar surface area (TPSA) is 37.4 Å². The molecule has 6 heteroatoms. The van der Waals surface area contributed by atoms with E-state index in [9.17, 15) is 22.8 Å². The van der Waals surface area contributed by atoms with E-state index in [0.29, 0.717) is 18.6 Å². The van der Waals surface area contributed by atoms with E-state index in [0.717, 1.165) is 0 Å². The van der Waals surface area contributed by atoms with Gasteiger partial charge >= 0.3 is 0 Å². The molecule has 1 fully saturated rings.